The van der Waals surface area contributed by atoms with Crippen molar-refractivity contribution in [1.29, 1.82) is 5.26 Å². The lowest BCUT2D eigenvalue weighted by atomic mass is 10.1. The van der Waals surface area contributed by atoms with E-state index in [0.717, 1.165) is 11.3 Å². The first-order chi connectivity index (χ1) is 18.9. The third-order valence-electron chi connectivity index (χ3n) is 6.24. The topological polar surface area (TPSA) is 109 Å². The summed E-state index contributed by atoms with van der Waals surface area (Å²) in [7, 11) is 0. The van der Waals surface area contributed by atoms with Crippen molar-refractivity contribution in [3.05, 3.63) is 98.0 Å². The van der Waals surface area contributed by atoms with Crippen LogP contribution in [0.3, 0.4) is 0 Å². The monoisotopic (exact) mass is 590 g/mol. The van der Waals surface area contributed by atoms with Crippen molar-refractivity contribution >= 4 is 39.3 Å². The first-order valence-corrected chi connectivity index (χ1v) is 13.2. The minimum absolute atomic E-state index is 0.00792. The SMILES string of the molecule is CCOc1cc(/C=C(/C#N)C(=O)N2CCN(c3ccccc3)CC2)c(Br)cc1OCc1ccc([N+](=O)[O-])cc1. The Kier molecular flexibility index (Phi) is 9.18. The Morgan fingerprint density at radius 2 is 1.72 bits per heavy atom. The number of ether oxygens (including phenoxy) is 2. The molecule has 0 N–H and O–H groups in total. The maximum Gasteiger partial charge on any atom is 0.269 e. The predicted octanol–water partition coefficient (Wildman–Crippen LogP) is 5.59. The Morgan fingerprint density at radius 3 is 2.33 bits per heavy atom. The van der Waals surface area contributed by atoms with Crippen LogP contribution in [0.5, 0.6) is 11.5 Å². The highest BCUT2D eigenvalue weighted by Crippen LogP contribution is 2.35. The van der Waals surface area contributed by atoms with Crippen molar-refractivity contribution in [2.24, 2.45) is 0 Å². The molecule has 0 unspecified atom stereocenters. The first-order valence-electron chi connectivity index (χ1n) is 12.4. The summed E-state index contributed by atoms with van der Waals surface area (Å²) in [6, 6.07) is 21.7. The van der Waals surface area contributed by atoms with Gasteiger partial charge in [-0.15, -0.1) is 0 Å². The van der Waals surface area contributed by atoms with E-state index in [1.807, 2.05) is 37.3 Å². The van der Waals surface area contributed by atoms with Gasteiger partial charge < -0.3 is 19.3 Å². The van der Waals surface area contributed by atoms with Crippen LogP contribution in [0.15, 0.2) is 76.8 Å². The highest BCUT2D eigenvalue weighted by atomic mass is 79.9. The largest absolute Gasteiger partial charge is 0.490 e. The van der Waals surface area contributed by atoms with Gasteiger partial charge in [-0.05, 0) is 60.5 Å². The van der Waals surface area contributed by atoms with E-state index in [-0.39, 0.29) is 23.8 Å². The van der Waals surface area contributed by atoms with Crippen molar-refractivity contribution in [3.8, 4) is 17.6 Å². The zero-order chi connectivity index (χ0) is 27.8. The number of piperazine rings is 1. The summed E-state index contributed by atoms with van der Waals surface area (Å²) >= 11 is 3.52. The third-order valence-corrected chi connectivity index (χ3v) is 6.93. The number of amides is 1. The quantitative estimate of drug-likeness (QED) is 0.138. The molecule has 0 spiro atoms. The third kappa shape index (κ3) is 6.94. The van der Waals surface area contributed by atoms with Gasteiger partial charge in [0.15, 0.2) is 11.5 Å². The van der Waals surface area contributed by atoms with Crippen molar-refractivity contribution in [2.45, 2.75) is 13.5 Å². The van der Waals surface area contributed by atoms with Crippen LogP contribution in [-0.4, -0.2) is 48.5 Å². The Morgan fingerprint density at radius 1 is 1.05 bits per heavy atom. The zero-order valence-corrected chi connectivity index (χ0v) is 23.0. The van der Waals surface area contributed by atoms with Crippen LogP contribution < -0.4 is 14.4 Å². The van der Waals surface area contributed by atoms with Crippen molar-refractivity contribution in [2.75, 3.05) is 37.7 Å². The molecule has 1 aliphatic heterocycles. The summed E-state index contributed by atoms with van der Waals surface area (Å²) < 4.78 is 12.3. The van der Waals surface area contributed by atoms with Crippen molar-refractivity contribution < 1.29 is 19.2 Å². The molecule has 1 aliphatic rings. The molecule has 9 nitrogen and oxygen atoms in total. The number of benzene rings is 3. The molecular weight excluding hydrogens is 564 g/mol. The van der Waals surface area contributed by atoms with Crippen molar-refractivity contribution in [1.82, 2.24) is 4.90 Å². The molecule has 3 aromatic carbocycles. The molecule has 0 aliphatic carbocycles. The predicted molar refractivity (Wildman–Crippen MR) is 152 cm³/mol. The number of nitrogens with zero attached hydrogens (tertiary/aromatic N) is 4. The highest BCUT2D eigenvalue weighted by Gasteiger charge is 2.24. The summed E-state index contributed by atoms with van der Waals surface area (Å²) in [5, 5.41) is 20.7. The van der Waals surface area contributed by atoms with E-state index in [1.165, 1.54) is 12.1 Å². The average molecular weight is 591 g/mol. The zero-order valence-electron chi connectivity index (χ0n) is 21.4. The minimum Gasteiger partial charge on any atom is -0.490 e. The summed E-state index contributed by atoms with van der Waals surface area (Å²) in [5.41, 5.74) is 2.52. The van der Waals surface area contributed by atoms with Gasteiger partial charge in [-0.2, -0.15) is 5.26 Å². The molecule has 3 aromatic rings. The fourth-order valence-electron chi connectivity index (χ4n) is 4.19. The molecule has 1 fully saturated rings. The number of carbonyl (C=O) groups is 1. The molecule has 10 heteroatoms. The number of anilines is 1. The second kappa shape index (κ2) is 12.9. The van der Waals surface area contributed by atoms with E-state index in [2.05, 4.69) is 26.9 Å². The van der Waals surface area contributed by atoms with E-state index in [0.29, 0.717) is 54.3 Å². The number of carbonyl (C=O) groups excluding carboxylic acids is 1. The van der Waals surface area contributed by atoms with Gasteiger partial charge in [0.1, 0.15) is 18.2 Å². The number of nitro groups is 1. The van der Waals surface area contributed by atoms with Gasteiger partial charge in [0, 0.05) is 48.5 Å². The molecule has 0 radical (unpaired) electrons. The Bertz CT molecular complexity index is 1400. The molecule has 4 rings (SSSR count). The summed E-state index contributed by atoms with van der Waals surface area (Å²) in [6.07, 6.45) is 1.55. The lowest BCUT2D eigenvalue weighted by Gasteiger charge is -2.36. The van der Waals surface area contributed by atoms with E-state index in [9.17, 15) is 20.2 Å². The van der Waals surface area contributed by atoms with Crippen LogP contribution in [0.4, 0.5) is 11.4 Å². The molecule has 0 aromatic heterocycles. The van der Waals surface area contributed by atoms with Crippen LogP contribution in [0.2, 0.25) is 0 Å². The van der Waals surface area contributed by atoms with Crippen LogP contribution in [0.1, 0.15) is 18.1 Å². The smallest absolute Gasteiger partial charge is 0.269 e. The Labute approximate surface area is 235 Å². The number of non-ortho nitro benzene ring substituents is 1. The van der Waals surface area contributed by atoms with Gasteiger partial charge in [0.2, 0.25) is 0 Å². The van der Waals surface area contributed by atoms with Crippen LogP contribution in [0, 0.1) is 21.4 Å². The van der Waals surface area contributed by atoms with Gasteiger partial charge in [-0.1, -0.05) is 34.1 Å². The number of nitro benzene ring substituents is 1. The molecular formula is C29H27BrN4O5. The summed E-state index contributed by atoms with van der Waals surface area (Å²) in [6.45, 7) is 4.82. The molecule has 0 bridgehead atoms. The minimum atomic E-state index is -0.452. The molecule has 1 amide bonds. The lowest BCUT2D eigenvalue weighted by Crippen LogP contribution is -2.49. The van der Waals surface area contributed by atoms with Gasteiger partial charge in [0.25, 0.3) is 11.6 Å². The van der Waals surface area contributed by atoms with Crippen LogP contribution in [0.25, 0.3) is 6.08 Å². The second-order valence-corrected chi connectivity index (χ2v) is 9.60. The molecule has 0 atom stereocenters. The standard InChI is InChI=1S/C29H27BrN4O5/c1-2-38-27-17-22(26(30)18-28(27)39-20-21-8-10-25(11-9-21)34(36)37)16-23(19-31)29(35)33-14-12-32(13-15-33)24-6-4-3-5-7-24/h3-11,16-18H,2,12-15,20H2,1H3/b23-16-. The van der Waals surface area contributed by atoms with Crippen molar-refractivity contribution in [3.63, 3.8) is 0 Å². The maximum atomic E-state index is 13.2. The number of hydrogen-bond acceptors (Lipinski definition) is 7. The molecule has 1 saturated heterocycles. The lowest BCUT2D eigenvalue weighted by molar-refractivity contribution is -0.384. The van der Waals surface area contributed by atoms with Crippen LogP contribution in [-0.2, 0) is 11.4 Å². The van der Waals surface area contributed by atoms with Gasteiger partial charge in [-0.3, -0.25) is 14.9 Å². The van der Waals surface area contributed by atoms with E-state index in [1.54, 1.807) is 35.2 Å². The summed E-state index contributed by atoms with van der Waals surface area (Å²) in [4.78, 5) is 27.5. The molecule has 39 heavy (non-hydrogen) atoms. The highest BCUT2D eigenvalue weighted by molar-refractivity contribution is 9.10. The van der Waals surface area contributed by atoms with E-state index >= 15 is 0 Å². The average Bonchev–Trinajstić information content (AvgIpc) is 2.97. The fraction of sp³-hybridized carbons (Fsp3) is 0.241. The van der Waals surface area contributed by atoms with Gasteiger partial charge in [0.05, 0.1) is 11.5 Å². The van der Waals surface area contributed by atoms with Gasteiger partial charge >= 0.3 is 0 Å². The number of halogens is 1. The molecule has 0 saturated carbocycles. The Balaban J connectivity index is 1.47. The number of para-hydroxylation sites is 1. The maximum absolute atomic E-state index is 13.2. The van der Waals surface area contributed by atoms with Crippen LogP contribution >= 0.6 is 15.9 Å². The fourth-order valence-corrected chi connectivity index (χ4v) is 4.63. The second-order valence-electron chi connectivity index (χ2n) is 8.75. The molecule has 200 valence electrons. The Hall–Kier alpha value is -4.36. The van der Waals surface area contributed by atoms with Gasteiger partial charge in [-0.25, -0.2) is 0 Å². The summed E-state index contributed by atoms with van der Waals surface area (Å²) in [5.74, 6) is 0.602. The van der Waals surface area contributed by atoms with E-state index in [4.69, 9.17) is 9.47 Å². The normalized spacial score (nSPS) is 13.5. The number of rotatable bonds is 9. The van der Waals surface area contributed by atoms with E-state index < -0.39 is 4.92 Å². The number of nitriles is 1. The molecule has 1 heterocycles. The first kappa shape index (κ1) is 27.7. The number of hydrogen-bond donors (Lipinski definition) is 0.